The molecule has 0 amide bonds. The fraction of sp³-hybridized carbons (Fsp3) is 0.321. The number of hydrogen-bond acceptors (Lipinski definition) is 9. The molecule has 1 saturated heterocycles. The lowest BCUT2D eigenvalue weighted by Crippen LogP contribution is -2.38. The fourth-order valence-corrected chi connectivity index (χ4v) is 3.78. The molecule has 1 atom stereocenters. The van der Waals surface area contributed by atoms with Crippen LogP contribution in [0.2, 0.25) is 0 Å². The summed E-state index contributed by atoms with van der Waals surface area (Å²) in [5.41, 5.74) is 6.08. The van der Waals surface area contributed by atoms with Gasteiger partial charge in [0.1, 0.15) is 11.8 Å². The van der Waals surface area contributed by atoms with E-state index in [9.17, 15) is 39.5 Å². The number of fused-ring (bicyclic) bond motifs is 1. The van der Waals surface area contributed by atoms with Crippen molar-refractivity contribution >= 4 is 23.4 Å². The topological polar surface area (TPSA) is 180 Å². The van der Waals surface area contributed by atoms with Crippen molar-refractivity contribution in [1.29, 1.82) is 0 Å². The molecule has 1 aliphatic rings. The van der Waals surface area contributed by atoms with E-state index in [1.807, 2.05) is 42.0 Å². The Bertz CT molecular complexity index is 1680. The Morgan fingerprint density at radius 2 is 1.42 bits per heavy atom. The first-order chi connectivity index (χ1) is 23.1. The third-order valence-electron chi connectivity index (χ3n) is 5.95. The normalized spacial score (nSPS) is 15.0. The van der Waals surface area contributed by atoms with Crippen molar-refractivity contribution in [3.8, 4) is 11.1 Å². The molecule has 13 nitrogen and oxygen atoms in total. The zero-order chi connectivity index (χ0) is 37.9. The van der Waals surface area contributed by atoms with E-state index >= 15 is 0 Å². The van der Waals surface area contributed by atoms with Gasteiger partial charge in [-0.15, -0.1) is 5.10 Å². The summed E-state index contributed by atoms with van der Waals surface area (Å²) in [6.45, 7) is 5.16. The van der Waals surface area contributed by atoms with Crippen LogP contribution in [0.25, 0.3) is 16.6 Å². The lowest BCUT2D eigenvalue weighted by Gasteiger charge is -2.31. The van der Waals surface area contributed by atoms with Gasteiger partial charge in [-0.2, -0.15) is 39.5 Å². The van der Waals surface area contributed by atoms with Crippen LogP contribution in [0.5, 0.6) is 0 Å². The number of nitrogens with zero attached hydrogens (tertiary/aromatic N) is 6. The molecule has 0 radical (unpaired) electrons. The van der Waals surface area contributed by atoms with Crippen LogP contribution in [0, 0.1) is 6.92 Å². The molecule has 1 aliphatic heterocycles. The highest BCUT2D eigenvalue weighted by atomic mass is 19.4. The van der Waals surface area contributed by atoms with Crippen molar-refractivity contribution in [2.24, 2.45) is 0 Å². The Hall–Kier alpha value is -5.38. The molecule has 4 aromatic heterocycles. The van der Waals surface area contributed by atoms with E-state index in [-0.39, 0.29) is 6.10 Å². The molecule has 1 unspecified atom stereocenters. The van der Waals surface area contributed by atoms with Crippen LogP contribution in [0.1, 0.15) is 23.2 Å². The number of morpholine rings is 1. The van der Waals surface area contributed by atoms with Gasteiger partial charge in [0.25, 0.3) is 0 Å². The minimum atomic E-state index is -5.08. The number of aryl methyl sites for hydroxylation is 1. The van der Waals surface area contributed by atoms with Gasteiger partial charge in [-0.1, -0.05) is 23.4 Å². The maximum absolute atomic E-state index is 10.6. The molecule has 5 rings (SSSR count). The zero-order valence-corrected chi connectivity index (χ0v) is 25.2. The molecular formula is C28H25F9N6O7. The van der Waals surface area contributed by atoms with Crippen molar-refractivity contribution in [3.63, 3.8) is 0 Å². The standard InChI is InChI=1S/C22H22N6O.3C2HF3O2/c1-16-4-2-6-19(24-16)14-27-10-11-29-21(15-27)22-20-8-7-18(13-28(20)26-25-22)17-5-3-9-23-12-17;3*3-2(4,5)1(6)7/h2-9,12-13,21H,10-11,14-15H2,1H3;3*(H,6,7). The number of halogens is 9. The molecule has 0 saturated carbocycles. The maximum atomic E-state index is 10.6. The molecule has 4 aromatic rings. The Labute approximate surface area is 274 Å². The van der Waals surface area contributed by atoms with Gasteiger partial charge in [0.15, 0.2) is 0 Å². The monoisotopic (exact) mass is 728 g/mol. The highest BCUT2D eigenvalue weighted by molar-refractivity contribution is 5.73. The summed E-state index contributed by atoms with van der Waals surface area (Å²) in [5.74, 6) is -8.27. The Kier molecular flexibility index (Phi) is 14.1. The number of alkyl halides is 9. The number of carbonyl (C=O) groups is 3. The number of aromatic nitrogens is 5. The van der Waals surface area contributed by atoms with Gasteiger partial charge in [-0.05, 0) is 31.2 Å². The van der Waals surface area contributed by atoms with E-state index in [1.54, 1.807) is 6.20 Å². The highest BCUT2D eigenvalue weighted by Crippen LogP contribution is 2.27. The van der Waals surface area contributed by atoms with E-state index in [2.05, 4.69) is 49.4 Å². The predicted octanol–water partition coefficient (Wildman–Crippen LogP) is 4.97. The largest absolute Gasteiger partial charge is 0.490 e. The molecule has 0 spiro atoms. The maximum Gasteiger partial charge on any atom is 0.490 e. The summed E-state index contributed by atoms with van der Waals surface area (Å²) >= 11 is 0. The molecule has 0 aliphatic carbocycles. The molecule has 272 valence electrons. The summed E-state index contributed by atoms with van der Waals surface area (Å²) < 4.78 is 103. The molecule has 0 aromatic carbocycles. The van der Waals surface area contributed by atoms with Crippen molar-refractivity contribution in [2.75, 3.05) is 19.7 Å². The van der Waals surface area contributed by atoms with Crippen LogP contribution < -0.4 is 0 Å². The molecule has 1 fully saturated rings. The second-order valence-electron chi connectivity index (χ2n) is 9.74. The van der Waals surface area contributed by atoms with Gasteiger partial charge in [0, 0.05) is 55.0 Å². The summed E-state index contributed by atoms with van der Waals surface area (Å²) in [4.78, 5) is 37.9. The first-order valence-corrected chi connectivity index (χ1v) is 13.5. The second-order valence-corrected chi connectivity index (χ2v) is 9.74. The molecular weight excluding hydrogens is 703 g/mol. The van der Waals surface area contributed by atoms with Crippen LogP contribution in [-0.2, 0) is 25.7 Å². The lowest BCUT2D eigenvalue weighted by atomic mass is 10.1. The summed E-state index contributed by atoms with van der Waals surface area (Å²) in [6, 6.07) is 14.3. The molecule has 3 N–H and O–H groups in total. The van der Waals surface area contributed by atoms with Crippen molar-refractivity contribution in [2.45, 2.75) is 38.1 Å². The minimum absolute atomic E-state index is 0.102. The van der Waals surface area contributed by atoms with E-state index < -0.39 is 36.4 Å². The third kappa shape index (κ3) is 13.3. The number of ether oxygens (including phenoxy) is 1. The molecule has 5 heterocycles. The van der Waals surface area contributed by atoms with E-state index in [0.29, 0.717) is 6.61 Å². The van der Waals surface area contributed by atoms with Gasteiger partial charge < -0.3 is 20.1 Å². The first-order valence-electron chi connectivity index (χ1n) is 13.5. The minimum Gasteiger partial charge on any atom is -0.475 e. The van der Waals surface area contributed by atoms with Crippen LogP contribution in [0.4, 0.5) is 39.5 Å². The van der Waals surface area contributed by atoms with Crippen LogP contribution in [0.15, 0.2) is 61.1 Å². The lowest BCUT2D eigenvalue weighted by molar-refractivity contribution is -0.193. The number of rotatable bonds is 4. The Morgan fingerprint density at radius 3 is 1.92 bits per heavy atom. The second kappa shape index (κ2) is 17.3. The first kappa shape index (κ1) is 40.8. The molecule has 50 heavy (non-hydrogen) atoms. The Morgan fingerprint density at radius 1 is 0.840 bits per heavy atom. The van der Waals surface area contributed by atoms with E-state index in [0.717, 1.165) is 53.4 Å². The van der Waals surface area contributed by atoms with E-state index in [4.69, 9.17) is 34.4 Å². The van der Waals surface area contributed by atoms with Crippen LogP contribution in [0.3, 0.4) is 0 Å². The SMILES string of the molecule is Cc1cccc(CN2CCOC(c3nnn4cc(-c5cccnc5)ccc34)C2)n1.O=C(O)C(F)(F)F.O=C(O)C(F)(F)F.O=C(O)C(F)(F)F. The third-order valence-corrected chi connectivity index (χ3v) is 5.95. The average Bonchev–Trinajstić information content (AvgIpc) is 3.45. The zero-order valence-electron chi connectivity index (χ0n) is 25.2. The van der Waals surface area contributed by atoms with Gasteiger partial charge in [-0.25, -0.2) is 18.9 Å². The number of carboxylic acids is 3. The van der Waals surface area contributed by atoms with Crippen LogP contribution in [-0.4, -0.2) is 101 Å². The number of pyridine rings is 3. The fourth-order valence-electron chi connectivity index (χ4n) is 3.78. The molecule has 0 bridgehead atoms. The van der Waals surface area contributed by atoms with Gasteiger partial charge in [-0.3, -0.25) is 14.9 Å². The van der Waals surface area contributed by atoms with Crippen molar-refractivity contribution in [3.05, 3.63) is 78.1 Å². The quantitative estimate of drug-likeness (QED) is 0.241. The van der Waals surface area contributed by atoms with Crippen molar-refractivity contribution < 1.29 is 74.0 Å². The number of carboxylic acid groups (broad SMARTS) is 3. The Balaban J connectivity index is 0.000000338. The smallest absolute Gasteiger partial charge is 0.475 e. The van der Waals surface area contributed by atoms with Crippen molar-refractivity contribution in [1.82, 2.24) is 29.7 Å². The van der Waals surface area contributed by atoms with Gasteiger partial charge in [0.2, 0.25) is 0 Å². The number of aliphatic carboxylic acids is 3. The summed E-state index contributed by atoms with van der Waals surface area (Å²) in [5, 5.41) is 30.2. The molecule has 22 heteroatoms. The summed E-state index contributed by atoms with van der Waals surface area (Å²) in [7, 11) is 0. The average molecular weight is 729 g/mol. The number of hydrogen-bond donors (Lipinski definition) is 3. The van der Waals surface area contributed by atoms with Gasteiger partial charge in [0.05, 0.1) is 17.8 Å². The van der Waals surface area contributed by atoms with Crippen LogP contribution >= 0.6 is 0 Å². The van der Waals surface area contributed by atoms with E-state index in [1.165, 1.54) is 0 Å². The summed E-state index contributed by atoms with van der Waals surface area (Å²) in [6.07, 6.45) is -9.75. The highest BCUT2D eigenvalue weighted by Gasteiger charge is 2.39. The predicted molar refractivity (Wildman–Crippen MR) is 150 cm³/mol. The van der Waals surface area contributed by atoms with Gasteiger partial charge >= 0.3 is 36.4 Å².